The van der Waals surface area contributed by atoms with Crippen LogP contribution >= 0.6 is 0 Å². The Morgan fingerprint density at radius 1 is 1.19 bits per heavy atom. The first kappa shape index (κ1) is 19.7. The summed E-state index contributed by atoms with van der Waals surface area (Å²) in [5.41, 5.74) is 4.35. The van der Waals surface area contributed by atoms with E-state index in [1.165, 1.54) is 5.56 Å². The third-order valence-corrected chi connectivity index (χ3v) is 5.37. The summed E-state index contributed by atoms with van der Waals surface area (Å²) in [6.07, 6.45) is 0.000725. The molecular formula is C22H29NO4. The fraction of sp³-hybridized carbons (Fsp3) is 0.455. The summed E-state index contributed by atoms with van der Waals surface area (Å²) in [4.78, 5) is 0. The summed E-state index contributed by atoms with van der Waals surface area (Å²) in [6, 6.07) is 14.4. The first-order valence-electron chi connectivity index (χ1n) is 9.45. The van der Waals surface area contributed by atoms with E-state index < -0.39 is 6.10 Å². The van der Waals surface area contributed by atoms with E-state index in [9.17, 15) is 10.2 Å². The van der Waals surface area contributed by atoms with Crippen molar-refractivity contribution in [2.45, 2.75) is 44.0 Å². The second-order valence-corrected chi connectivity index (χ2v) is 7.15. The third-order valence-electron chi connectivity index (χ3n) is 5.37. The lowest BCUT2D eigenvalue weighted by molar-refractivity contribution is -0.113. The third kappa shape index (κ3) is 4.43. The molecule has 0 spiro atoms. The highest BCUT2D eigenvalue weighted by Crippen LogP contribution is 2.37. The minimum Gasteiger partial charge on any atom is -0.496 e. The van der Waals surface area contributed by atoms with Crippen LogP contribution in [0.2, 0.25) is 0 Å². The van der Waals surface area contributed by atoms with Crippen molar-refractivity contribution in [3.05, 3.63) is 59.2 Å². The lowest BCUT2D eigenvalue weighted by atomic mass is 9.88. The number of hydrogen-bond donors (Lipinski definition) is 3. The Labute approximate surface area is 160 Å². The molecule has 27 heavy (non-hydrogen) atoms. The molecule has 5 nitrogen and oxygen atoms in total. The molecule has 4 atom stereocenters. The van der Waals surface area contributed by atoms with Gasteiger partial charge in [0, 0.05) is 37.1 Å². The fourth-order valence-electron chi connectivity index (χ4n) is 3.73. The van der Waals surface area contributed by atoms with Gasteiger partial charge in [-0.2, -0.15) is 0 Å². The van der Waals surface area contributed by atoms with Gasteiger partial charge >= 0.3 is 0 Å². The van der Waals surface area contributed by atoms with Gasteiger partial charge in [0.05, 0.1) is 32.0 Å². The van der Waals surface area contributed by atoms with E-state index in [0.29, 0.717) is 12.8 Å². The smallest absolute Gasteiger partial charge is 0.122 e. The second kappa shape index (κ2) is 8.74. The van der Waals surface area contributed by atoms with Crippen molar-refractivity contribution in [2.24, 2.45) is 0 Å². The normalized spacial score (nSPS) is 23.7. The van der Waals surface area contributed by atoms with Gasteiger partial charge in [-0.15, -0.1) is 0 Å². The van der Waals surface area contributed by atoms with Gasteiger partial charge in [-0.3, -0.25) is 0 Å². The van der Waals surface area contributed by atoms with E-state index in [4.69, 9.17) is 9.47 Å². The fourth-order valence-corrected chi connectivity index (χ4v) is 3.73. The number of hydrogen-bond acceptors (Lipinski definition) is 5. The number of rotatable bonds is 6. The molecule has 0 amide bonds. The van der Waals surface area contributed by atoms with E-state index in [0.717, 1.165) is 22.6 Å². The molecule has 0 radical (unpaired) electrons. The molecule has 1 aliphatic rings. The highest BCUT2D eigenvalue weighted by Gasteiger charge is 2.29. The van der Waals surface area contributed by atoms with E-state index in [1.54, 1.807) is 7.11 Å². The zero-order chi connectivity index (χ0) is 19.4. The molecule has 1 aliphatic heterocycles. The van der Waals surface area contributed by atoms with Crippen LogP contribution in [-0.2, 0) is 4.74 Å². The van der Waals surface area contributed by atoms with Crippen molar-refractivity contribution < 1.29 is 19.7 Å². The summed E-state index contributed by atoms with van der Waals surface area (Å²) in [6.45, 7) is 2.08. The minimum atomic E-state index is -0.460. The molecule has 0 aromatic heterocycles. The number of ether oxygens (including phenoxy) is 2. The average molecular weight is 371 g/mol. The Balaban J connectivity index is 1.90. The Morgan fingerprint density at radius 3 is 2.56 bits per heavy atom. The molecule has 5 heteroatoms. The lowest BCUT2D eigenvalue weighted by Gasteiger charge is -2.33. The second-order valence-electron chi connectivity index (χ2n) is 7.15. The predicted molar refractivity (Wildman–Crippen MR) is 106 cm³/mol. The van der Waals surface area contributed by atoms with Crippen molar-refractivity contribution in [2.75, 3.05) is 26.1 Å². The minimum absolute atomic E-state index is 0.0786. The monoisotopic (exact) mass is 371 g/mol. The zero-order valence-electron chi connectivity index (χ0n) is 16.2. The number of benzene rings is 2. The van der Waals surface area contributed by atoms with Gasteiger partial charge in [0.25, 0.3) is 0 Å². The highest BCUT2D eigenvalue weighted by atomic mass is 16.5. The maximum atomic E-state index is 10.1. The Kier molecular flexibility index (Phi) is 6.37. The molecule has 4 unspecified atom stereocenters. The summed E-state index contributed by atoms with van der Waals surface area (Å²) in [5.74, 6) is 0.979. The summed E-state index contributed by atoms with van der Waals surface area (Å²) in [5, 5.41) is 22.7. The van der Waals surface area contributed by atoms with Crippen LogP contribution in [0.1, 0.15) is 48.5 Å². The molecule has 146 valence electrons. The molecule has 1 fully saturated rings. The topological polar surface area (TPSA) is 71.0 Å². The molecule has 0 aliphatic carbocycles. The van der Waals surface area contributed by atoms with E-state index in [-0.39, 0.29) is 24.7 Å². The summed E-state index contributed by atoms with van der Waals surface area (Å²) in [7, 11) is 3.58. The number of anilines is 1. The molecule has 2 aromatic rings. The van der Waals surface area contributed by atoms with Crippen molar-refractivity contribution in [1.29, 1.82) is 0 Å². The number of aliphatic hydroxyl groups is 2. The summed E-state index contributed by atoms with van der Waals surface area (Å²) < 4.78 is 11.6. The van der Waals surface area contributed by atoms with Crippen molar-refractivity contribution in [1.82, 2.24) is 0 Å². The average Bonchev–Trinajstić information content (AvgIpc) is 2.72. The SMILES string of the molecule is CNc1ccc(C(C)c2cc(C3CC(O)CC(CO)O3)ccc2OC)cc1. The van der Waals surface area contributed by atoms with Crippen LogP contribution in [0.15, 0.2) is 42.5 Å². The first-order valence-corrected chi connectivity index (χ1v) is 9.45. The maximum Gasteiger partial charge on any atom is 0.122 e. The number of nitrogens with one attached hydrogen (secondary N) is 1. The van der Waals surface area contributed by atoms with Crippen molar-refractivity contribution in [3.63, 3.8) is 0 Å². The van der Waals surface area contributed by atoms with E-state index in [1.807, 2.05) is 19.2 Å². The largest absolute Gasteiger partial charge is 0.496 e. The highest BCUT2D eigenvalue weighted by molar-refractivity contribution is 5.49. The van der Waals surface area contributed by atoms with Crippen molar-refractivity contribution >= 4 is 5.69 Å². The molecule has 1 saturated heterocycles. The molecule has 3 rings (SSSR count). The molecular weight excluding hydrogens is 342 g/mol. The van der Waals surface area contributed by atoms with Gasteiger partial charge in [-0.25, -0.2) is 0 Å². The van der Waals surface area contributed by atoms with Gasteiger partial charge in [0.15, 0.2) is 0 Å². The van der Waals surface area contributed by atoms with Crippen LogP contribution in [0.4, 0.5) is 5.69 Å². The van der Waals surface area contributed by atoms with Crippen LogP contribution in [0, 0.1) is 0 Å². The molecule has 1 heterocycles. The number of methoxy groups -OCH3 is 1. The lowest BCUT2D eigenvalue weighted by Crippen LogP contribution is -2.33. The zero-order valence-corrected chi connectivity index (χ0v) is 16.2. The van der Waals surface area contributed by atoms with E-state index >= 15 is 0 Å². The Bertz CT molecular complexity index is 746. The molecule has 0 bridgehead atoms. The van der Waals surface area contributed by atoms with Crippen LogP contribution in [0.25, 0.3) is 0 Å². The quantitative estimate of drug-likeness (QED) is 0.725. The first-order chi connectivity index (χ1) is 13.0. The number of aliphatic hydroxyl groups excluding tert-OH is 2. The van der Waals surface area contributed by atoms with Gasteiger partial charge in [-0.1, -0.05) is 25.1 Å². The maximum absolute atomic E-state index is 10.1. The summed E-state index contributed by atoms with van der Waals surface area (Å²) >= 11 is 0. The van der Waals surface area contributed by atoms with Crippen LogP contribution < -0.4 is 10.1 Å². The Hall–Kier alpha value is -2.08. The van der Waals surface area contributed by atoms with E-state index in [2.05, 4.69) is 42.6 Å². The molecule has 2 aromatic carbocycles. The standard InChI is InChI=1S/C22H29NO4/c1-14(15-4-7-17(23-2)8-5-15)20-10-16(6-9-21(20)26-3)22-12-18(25)11-19(13-24)27-22/h4-10,14,18-19,22-25H,11-13H2,1-3H3. The van der Waals surface area contributed by atoms with Crippen LogP contribution in [0.3, 0.4) is 0 Å². The molecule has 0 saturated carbocycles. The predicted octanol–water partition coefficient (Wildman–Crippen LogP) is 3.46. The van der Waals surface area contributed by atoms with Crippen LogP contribution in [-0.4, -0.2) is 43.2 Å². The van der Waals surface area contributed by atoms with Gasteiger partial charge in [-0.05, 0) is 35.4 Å². The molecule has 3 N–H and O–H groups in total. The van der Waals surface area contributed by atoms with Gasteiger partial charge in [0.1, 0.15) is 5.75 Å². The van der Waals surface area contributed by atoms with Crippen LogP contribution in [0.5, 0.6) is 5.75 Å². The Morgan fingerprint density at radius 2 is 1.93 bits per heavy atom. The van der Waals surface area contributed by atoms with Crippen molar-refractivity contribution in [3.8, 4) is 5.75 Å². The van der Waals surface area contributed by atoms with Gasteiger partial charge in [0.2, 0.25) is 0 Å². The van der Waals surface area contributed by atoms with Gasteiger partial charge < -0.3 is 25.0 Å².